The van der Waals surface area contributed by atoms with E-state index in [1.54, 1.807) is 6.07 Å². The van der Waals surface area contributed by atoms with Crippen molar-refractivity contribution in [2.24, 2.45) is 0 Å². The molecular formula is C19H23FN2O2. The van der Waals surface area contributed by atoms with Crippen molar-refractivity contribution in [3.63, 3.8) is 0 Å². The maximum Gasteiger partial charge on any atom is 0.237 e. The Morgan fingerprint density at radius 3 is 2.67 bits per heavy atom. The summed E-state index contributed by atoms with van der Waals surface area (Å²) in [5, 5.41) is 0. The molecule has 0 unspecified atom stereocenters. The Morgan fingerprint density at radius 1 is 1.25 bits per heavy atom. The van der Waals surface area contributed by atoms with Crippen LogP contribution in [0.4, 0.5) is 4.39 Å². The lowest BCUT2D eigenvalue weighted by Crippen LogP contribution is -2.39. The quantitative estimate of drug-likeness (QED) is 0.781. The summed E-state index contributed by atoms with van der Waals surface area (Å²) in [6.45, 7) is 3.28. The van der Waals surface area contributed by atoms with Crippen molar-refractivity contribution in [2.75, 3.05) is 13.6 Å². The molecule has 1 heterocycles. The molecule has 0 atom stereocenters. The van der Waals surface area contributed by atoms with E-state index in [-0.39, 0.29) is 11.7 Å². The average Bonchev–Trinajstić information content (AvgIpc) is 3.27. The normalized spacial score (nSPS) is 14.2. The minimum Gasteiger partial charge on any atom is -0.464 e. The van der Waals surface area contributed by atoms with Gasteiger partial charge in [0.05, 0.1) is 13.1 Å². The van der Waals surface area contributed by atoms with Gasteiger partial charge in [0.15, 0.2) is 0 Å². The molecule has 2 aromatic rings. The van der Waals surface area contributed by atoms with Crippen molar-refractivity contribution in [1.82, 2.24) is 9.80 Å². The van der Waals surface area contributed by atoms with Crippen molar-refractivity contribution in [2.45, 2.75) is 38.9 Å². The lowest BCUT2D eigenvalue weighted by atomic mass is 10.2. The summed E-state index contributed by atoms with van der Waals surface area (Å²) < 4.78 is 18.9. The Morgan fingerprint density at radius 2 is 2.04 bits per heavy atom. The number of rotatable bonds is 7. The molecule has 24 heavy (non-hydrogen) atoms. The van der Waals surface area contributed by atoms with E-state index in [2.05, 4.69) is 0 Å². The number of nitrogens with zero attached hydrogens (tertiary/aromatic N) is 2. The highest BCUT2D eigenvalue weighted by Gasteiger charge is 2.33. The van der Waals surface area contributed by atoms with Gasteiger partial charge in [0, 0.05) is 12.6 Å². The third-order valence-electron chi connectivity index (χ3n) is 4.18. The zero-order chi connectivity index (χ0) is 17.1. The predicted octanol–water partition coefficient (Wildman–Crippen LogP) is 3.35. The highest BCUT2D eigenvalue weighted by atomic mass is 19.1. The smallest absolute Gasteiger partial charge is 0.237 e. The van der Waals surface area contributed by atoms with Crippen LogP contribution in [0.2, 0.25) is 0 Å². The topological polar surface area (TPSA) is 36.7 Å². The Balaban J connectivity index is 1.58. The minimum atomic E-state index is -0.250. The molecule has 0 radical (unpaired) electrons. The number of benzene rings is 1. The highest BCUT2D eigenvalue weighted by molar-refractivity contribution is 5.78. The molecule has 1 amide bonds. The van der Waals surface area contributed by atoms with Crippen LogP contribution in [0.25, 0.3) is 0 Å². The van der Waals surface area contributed by atoms with Crippen molar-refractivity contribution in [1.29, 1.82) is 0 Å². The number of aryl methyl sites for hydroxylation is 1. The molecule has 3 rings (SSSR count). The van der Waals surface area contributed by atoms with E-state index in [1.165, 1.54) is 12.1 Å². The van der Waals surface area contributed by atoms with Gasteiger partial charge in [0.1, 0.15) is 17.3 Å². The third-order valence-corrected chi connectivity index (χ3v) is 4.18. The fourth-order valence-corrected chi connectivity index (χ4v) is 2.87. The molecule has 1 aromatic heterocycles. The van der Waals surface area contributed by atoms with Crippen LogP contribution in [0.3, 0.4) is 0 Å². The zero-order valence-electron chi connectivity index (χ0n) is 14.2. The van der Waals surface area contributed by atoms with Gasteiger partial charge in [-0.2, -0.15) is 0 Å². The first kappa shape index (κ1) is 16.7. The fourth-order valence-electron chi connectivity index (χ4n) is 2.87. The summed E-state index contributed by atoms with van der Waals surface area (Å²) >= 11 is 0. The summed E-state index contributed by atoms with van der Waals surface area (Å²) in [6.07, 6.45) is 2.11. The zero-order valence-corrected chi connectivity index (χ0v) is 14.2. The van der Waals surface area contributed by atoms with Gasteiger partial charge in [-0.25, -0.2) is 4.39 Å². The monoisotopic (exact) mass is 330 g/mol. The molecule has 1 aliphatic rings. The molecular weight excluding hydrogens is 307 g/mol. The first-order chi connectivity index (χ1) is 11.5. The molecule has 1 fully saturated rings. The van der Waals surface area contributed by atoms with E-state index < -0.39 is 0 Å². The van der Waals surface area contributed by atoms with Gasteiger partial charge >= 0.3 is 0 Å². The van der Waals surface area contributed by atoms with Crippen LogP contribution in [0, 0.1) is 12.7 Å². The van der Waals surface area contributed by atoms with Gasteiger partial charge in [-0.3, -0.25) is 9.69 Å². The summed E-state index contributed by atoms with van der Waals surface area (Å²) in [4.78, 5) is 16.5. The van der Waals surface area contributed by atoms with E-state index in [9.17, 15) is 9.18 Å². The van der Waals surface area contributed by atoms with Crippen LogP contribution in [-0.4, -0.2) is 35.3 Å². The first-order valence-corrected chi connectivity index (χ1v) is 8.29. The molecule has 0 saturated heterocycles. The van der Waals surface area contributed by atoms with Crippen LogP contribution < -0.4 is 0 Å². The number of carbonyl (C=O) groups is 1. The number of furan rings is 1. The molecule has 1 saturated carbocycles. The van der Waals surface area contributed by atoms with Crippen molar-refractivity contribution in [3.05, 3.63) is 59.3 Å². The number of halogens is 1. The molecule has 1 aromatic carbocycles. The summed E-state index contributed by atoms with van der Waals surface area (Å²) in [5.41, 5.74) is 0.866. The Bertz CT molecular complexity index is 709. The van der Waals surface area contributed by atoms with Crippen LogP contribution in [0.1, 0.15) is 29.9 Å². The fraction of sp³-hybridized carbons (Fsp3) is 0.421. The van der Waals surface area contributed by atoms with Gasteiger partial charge in [0.25, 0.3) is 0 Å². The summed E-state index contributed by atoms with van der Waals surface area (Å²) in [6, 6.07) is 10.7. The second-order valence-corrected chi connectivity index (χ2v) is 6.57. The van der Waals surface area contributed by atoms with Crippen LogP contribution in [0.15, 0.2) is 40.8 Å². The number of amides is 1. The lowest BCUT2D eigenvalue weighted by Gasteiger charge is -2.25. The first-order valence-electron chi connectivity index (χ1n) is 8.29. The molecule has 4 nitrogen and oxygen atoms in total. The number of hydrogen-bond donors (Lipinski definition) is 0. The SMILES string of the molecule is Cc1ccc(CN(C(=O)CN(C)Cc2cccc(F)c2)C2CC2)o1. The molecule has 0 N–H and O–H groups in total. The van der Waals surface area contributed by atoms with Gasteiger partial charge < -0.3 is 9.32 Å². The van der Waals surface area contributed by atoms with Gasteiger partial charge in [-0.1, -0.05) is 12.1 Å². The number of hydrogen-bond acceptors (Lipinski definition) is 3. The second-order valence-electron chi connectivity index (χ2n) is 6.57. The van der Waals surface area contributed by atoms with E-state index in [0.717, 1.165) is 29.9 Å². The van der Waals surface area contributed by atoms with Crippen molar-refractivity contribution >= 4 is 5.91 Å². The largest absolute Gasteiger partial charge is 0.464 e. The van der Waals surface area contributed by atoms with Gasteiger partial charge in [-0.15, -0.1) is 0 Å². The standard InChI is InChI=1S/C19H23FN2O2/c1-14-6-9-18(24-14)12-22(17-7-8-17)19(23)13-21(2)11-15-4-3-5-16(20)10-15/h3-6,9-10,17H,7-8,11-13H2,1-2H3. The molecule has 128 valence electrons. The van der Waals surface area contributed by atoms with Gasteiger partial charge in [0.2, 0.25) is 5.91 Å². The Labute approximate surface area is 141 Å². The summed E-state index contributed by atoms with van der Waals surface area (Å²) in [7, 11) is 1.88. The molecule has 0 bridgehead atoms. The number of likely N-dealkylation sites (N-methyl/N-ethyl adjacent to an activating group) is 1. The Hall–Kier alpha value is -2.14. The molecule has 0 spiro atoms. The van der Waals surface area contributed by atoms with Crippen molar-refractivity contribution in [3.8, 4) is 0 Å². The minimum absolute atomic E-state index is 0.0884. The highest BCUT2D eigenvalue weighted by Crippen LogP contribution is 2.29. The second kappa shape index (κ2) is 7.18. The molecule has 1 aliphatic carbocycles. The van der Waals surface area contributed by atoms with Crippen LogP contribution >= 0.6 is 0 Å². The molecule has 0 aliphatic heterocycles. The Kier molecular flexibility index (Phi) is 5.00. The third kappa shape index (κ3) is 4.45. The molecule has 5 heteroatoms. The maximum absolute atomic E-state index is 13.3. The lowest BCUT2D eigenvalue weighted by molar-refractivity contribution is -0.133. The predicted molar refractivity (Wildman–Crippen MR) is 89.8 cm³/mol. The van der Waals surface area contributed by atoms with Gasteiger partial charge in [-0.05, 0) is 56.6 Å². The van der Waals surface area contributed by atoms with E-state index >= 15 is 0 Å². The van der Waals surface area contributed by atoms with Crippen LogP contribution in [0.5, 0.6) is 0 Å². The van der Waals surface area contributed by atoms with E-state index in [1.807, 2.05) is 42.0 Å². The number of carbonyl (C=O) groups excluding carboxylic acids is 1. The maximum atomic E-state index is 13.3. The summed E-state index contributed by atoms with van der Waals surface area (Å²) in [5.74, 6) is 1.52. The average molecular weight is 330 g/mol. The van der Waals surface area contributed by atoms with Crippen LogP contribution in [-0.2, 0) is 17.9 Å². The van der Waals surface area contributed by atoms with E-state index in [0.29, 0.717) is 25.7 Å². The van der Waals surface area contributed by atoms with Crippen molar-refractivity contribution < 1.29 is 13.6 Å². The van der Waals surface area contributed by atoms with E-state index in [4.69, 9.17) is 4.42 Å².